The summed E-state index contributed by atoms with van der Waals surface area (Å²) in [6.07, 6.45) is 2.15. The number of hydrogen-bond acceptors (Lipinski definition) is 4. The maximum absolute atomic E-state index is 13.2. The maximum Gasteiger partial charge on any atom is 0.322 e. The second-order valence-electron chi connectivity index (χ2n) is 7.96. The molecule has 0 fully saturated rings. The monoisotopic (exact) mass is 448 g/mol. The Kier molecular flexibility index (Phi) is 5.22. The summed E-state index contributed by atoms with van der Waals surface area (Å²) in [7, 11) is 0. The Morgan fingerprint density at radius 2 is 2.03 bits per heavy atom. The number of thiophene rings is 1. The molecule has 0 radical (unpaired) electrons. The molecule has 1 N–H and O–H groups in total. The van der Waals surface area contributed by atoms with E-state index < -0.39 is 0 Å². The number of nitrogens with one attached hydrogen (secondary N) is 1. The van der Waals surface area contributed by atoms with E-state index in [0.29, 0.717) is 36.3 Å². The Balaban J connectivity index is 1.39. The van der Waals surface area contributed by atoms with Gasteiger partial charge in [0.15, 0.2) is 0 Å². The molecule has 4 aromatic rings. The average Bonchev–Trinajstić information content (AvgIpc) is 3.15. The Morgan fingerprint density at radius 1 is 1.22 bits per heavy atom. The first-order chi connectivity index (χ1) is 15.5. The minimum absolute atomic E-state index is 0.102. The number of hydrogen-bond donors (Lipinski definition) is 1. The average molecular weight is 449 g/mol. The van der Waals surface area contributed by atoms with Gasteiger partial charge in [0.25, 0.3) is 5.56 Å². The molecule has 162 valence electrons. The summed E-state index contributed by atoms with van der Waals surface area (Å²) in [5, 5.41) is 3.58. The van der Waals surface area contributed by atoms with Gasteiger partial charge in [-0.15, -0.1) is 11.3 Å². The third kappa shape index (κ3) is 3.89. The van der Waals surface area contributed by atoms with Crippen molar-refractivity contribution in [2.75, 3.05) is 11.9 Å². The Hall–Kier alpha value is -3.52. The molecule has 0 saturated carbocycles. The largest absolute Gasteiger partial charge is 0.322 e. The third-order valence-electron chi connectivity index (χ3n) is 5.65. The fourth-order valence-corrected chi connectivity index (χ4v) is 5.21. The molecule has 0 atom stereocenters. The number of rotatable bonds is 3. The van der Waals surface area contributed by atoms with E-state index in [-0.39, 0.29) is 17.4 Å². The van der Waals surface area contributed by atoms with Gasteiger partial charge in [-0.2, -0.15) is 0 Å². The lowest BCUT2D eigenvalue weighted by atomic mass is 10.1. The first kappa shape index (κ1) is 20.4. The predicted molar refractivity (Wildman–Crippen MR) is 124 cm³/mol. The number of halogens is 1. The third-order valence-corrected chi connectivity index (χ3v) is 6.77. The first-order valence-electron chi connectivity index (χ1n) is 10.3. The van der Waals surface area contributed by atoms with E-state index in [9.17, 15) is 14.0 Å². The molecule has 8 heteroatoms. The highest BCUT2D eigenvalue weighted by Gasteiger charge is 2.26. The van der Waals surface area contributed by atoms with Crippen LogP contribution in [0.2, 0.25) is 0 Å². The molecule has 1 aliphatic heterocycles. The van der Waals surface area contributed by atoms with Gasteiger partial charge in [0.1, 0.15) is 10.6 Å². The lowest BCUT2D eigenvalue weighted by Crippen LogP contribution is -2.38. The van der Waals surface area contributed by atoms with Crippen LogP contribution in [0, 0.1) is 12.7 Å². The number of benzene rings is 2. The minimum Gasteiger partial charge on any atom is -0.319 e. The van der Waals surface area contributed by atoms with Crippen molar-refractivity contribution in [1.82, 2.24) is 14.5 Å². The van der Waals surface area contributed by atoms with Crippen LogP contribution in [0.4, 0.5) is 14.9 Å². The number of aromatic nitrogens is 2. The predicted octanol–water partition coefficient (Wildman–Crippen LogP) is 4.54. The molecule has 0 saturated heterocycles. The molecular formula is C24H21FN4O2S. The molecule has 1 aliphatic rings. The number of fused-ring (bicyclic) bond motifs is 3. The molecule has 0 aliphatic carbocycles. The number of urea groups is 1. The number of anilines is 1. The molecule has 2 aromatic heterocycles. The van der Waals surface area contributed by atoms with Crippen molar-refractivity contribution < 1.29 is 9.18 Å². The second kappa shape index (κ2) is 8.20. The van der Waals surface area contributed by atoms with Crippen LogP contribution in [-0.4, -0.2) is 27.0 Å². The second-order valence-corrected chi connectivity index (χ2v) is 9.04. The van der Waals surface area contributed by atoms with Crippen LogP contribution in [0.25, 0.3) is 10.2 Å². The zero-order valence-corrected chi connectivity index (χ0v) is 18.3. The summed E-state index contributed by atoms with van der Waals surface area (Å²) in [6.45, 7) is 3.29. The fourth-order valence-electron chi connectivity index (χ4n) is 4.02. The van der Waals surface area contributed by atoms with Crippen LogP contribution in [0.3, 0.4) is 0 Å². The summed E-state index contributed by atoms with van der Waals surface area (Å²) in [5.41, 5.74) is 3.56. The summed E-state index contributed by atoms with van der Waals surface area (Å²) in [6, 6.07) is 13.6. The standard InChI is InChI=1S/C24H21FN4O2S/c1-15-3-2-4-18(11-15)27-24(31)28-10-9-19-20(13-28)32-22-21(19)23(30)29(14-26-22)12-16-5-7-17(25)8-6-16/h2-8,11,14H,9-10,12-13H2,1H3,(H,27,31). The van der Waals surface area contributed by atoms with E-state index in [1.807, 2.05) is 31.2 Å². The highest BCUT2D eigenvalue weighted by Crippen LogP contribution is 2.32. The van der Waals surface area contributed by atoms with Crippen molar-refractivity contribution in [1.29, 1.82) is 0 Å². The van der Waals surface area contributed by atoms with Crippen molar-refractivity contribution in [3.8, 4) is 0 Å². The quantitative estimate of drug-likeness (QED) is 0.500. The molecule has 2 aromatic carbocycles. The van der Waals surface area contributed by atoms with E-state index in [1.165, 1.54) is 29.8 Å². The van der Waals surface area contributed by atoms with Gasteiger partial charge >= 0.3 is 6.03 Å². The minimum atomic E-state index is -0.308. The van der Waals surface area contributed by atoms with E-state index in [1.54, 1.807) is 21.6 Å². The topological polar surface area (TPSA) is 67.2 Å². The van der Waals surface area contributed by atoms with Crippen molar-refractivity contribution in [3.05, 3.63) is 92.6 Å². The molecule has 0 bridgehead atoms. The highest BCUT2D eigenvalue weighted by molar-refractivity contribution is 7.18. The summed E-state index contributed by atoms with van der Waals surface area (Å²) < 4.78 is 14.7. The SMILES string of the molecule is Cc1cccc(NC(=O)N2CCc3c(sc4ncn(Cc5ccc(F)cc5)c(=O)c34)C2)c1. The number of carbonyl (C=O) groups excluding carboxylic acids is 1. The van der Waals surface area contributed by atoms with Gasteiger partial charge < -0.3 is 10.2 Å². The van der Waals surface area contributed by atoms with Gasteiger partial charge in [0.05, 0.1) is 24.8 Å². The summed E-state index contributed by atoms with van der Waals surface area (Å²) in [4.78, 5) is 33.9. The molecular weight excluding hydrogens is 427 g/mol. The summed E-state index contributed by atoms with van der Waals surface area (Å²) >= 11 is 1.47. The number of nitrogens with zero attached hydrogens (tertiary/aromatic N) is 3. The molecule has 0 spiro atoms. The zero-order chi connectivity index (χ0) is 22.2. The number of aryl methyl sites for hydroxylation is 1. The molecule has 6 nitrogen and oxygen atoms in total. The Bertz CT molecular complexity index is 1380. The van der Waals surface area contributed by atoms with Gasteiger partial charge in [0, 0.05) is 17.1 Å². The normalized spacial score (nSPS) is 13.2. The first-order valence-corrected chi connectivity index (χ1v) is 11.2. The molecule has 32 heavy (non-hydrogen) atoms. The van der Waals surface area contributed by atoms with E-state index in [4.69, 9.17) is 0 Å². The van der Waals surface area contributed by atoms with Gasteiger partial charge in [-0.05, 0) is 54.3 Å². The van der Waals surface area contributed by atoms with Crippen molar-refractivity contribution in [2.24, 2.45) is 0 Å². The molecule has 2 amide bonds. The lowest BCUT2D eigenvalue weighted by molar-refractivity contribution is 0.207. The number of carbonyl (C=O) groups is 1. The van der Waals surface area contributed by atoms with E-state index >= 15 is 0 Å². The van der Waals surface area contributed by atoms with E-state index in [2.05, 4.69) is 10.3 Å². The maximum atomic E-state index is 13.2. The van der Waals surface area contributed by atoms with Crippen LogP contribution in [0.1, 0.15) is 21.6 Å². The lowest BCUT2D eigenvalue weighted by Gasteiger charge is -2.27. The van der Waals surface area contributed by atoms with Gasteiger partial charge in [-0.25, -0.2) is 14.2 Å². The van der Waals surface area contributed by atoms with Crippen LogP contribution in [0.15, 0.2) is 59.7 Å². The van der Waals surface area contributed by atoms with Crippen molar-refractivity contribution in [2.45, 2.75) is 26.4 Å². The Morgan fingerprint density at radius 3 is 2.81 bits per heavy atom. The summed E-state index contributed by atoms with van der Waals surface area (Å²) in [5.74, 6) is -0.308. The molecule has 0 unspecified atom stereocenters. The van der Waals surface area contributed by atoms with Crippen LogP contribution >= 0.6 is 11.3 Å². The van der Waals surface area contributed by atoms with E-state index in [0.717, 1.165) is 27.3 Å². The highest BCUT2D eigenvalue weighted by atomic mass is 32.1. The molecule has 5 rings (SSSR count). The van der Waals surface area contributed by atoms with Crippen molar-refractivity contribution >= 4 is 33.3 Å². The Labute approximate surface area is 187 Å². The fraction of sp³-hybridized carbons (Fsp3) is 0.208. The zero-order valence-electron chi connectivity index (χ0n) is 17.5. The number of amides is 2. The smallest absolute Gasteiger partial charge is 0.319 e. The molecule has 3 heterocycles. The van der Waals surface area contributed by atoms with Crippen LogP contribution in [0.5, 0.6) is 0 Å². The van der Waals surface area contributed by atoms with Gasteiger partial charge in [0.2, 0.25) is 0 Å². The van der Waals surface area contributed by atoms with Crippen LogP contribution in [-0.2, 0) is 19.5 Å². The van der Waals surface area contributed by atoms with Crippen molar-refractivity contribution in [3.63, 3.8) is 0 Å². The van der Waals surface area contributed by atoms with Gasteiger partial charge in [-0.1, -0.05) is 24.3 Å². The van der Waals surface area contributed by atoms with Gasteiger partial charge in [-0.3, -0.25) is 9.36 Å². The van der Waals surface area contributed by atoms with Crippen LogP contribution < -0.4 is 10.9 Å².